The maximum atomic E-state index is 2.26. The van der Waals surface area contributed by atoms with Gasteiger partial charge in [0.2, 0.25) is 0 Å². The zero-order valence-electron chi connectivity index (χ0n) is 4.72. The van der Waals surface area contributed by atoms with Gasteiger partial charge in [0.15, 0.2) is 0 Å². The Morgan fingerprint density at radius 1 is 1.22 bits per heavy atom. The van der Waals surface area contributed by atoms with Crippen molar-refractivity contribution < 1.29 is 0 Å². The fraction of sp³-hybridized carbons (Fsp3) is 0. The van der Waals surface area contributed by atoms with Gasteiger partial charge in [-0.15, -0.1) is 11.3 Å². The van der Waals surface area contributed by atoms with Crippen molar-refractivity contribution in [2.75, 3.05) is 0 Å². The molecule has 0 N–H and O–H groups in total. The van der Waals surface area contributed by atoms with Gasteiger partial charge in [-0.25, -0.2) is 0 Å². The van der Waals surface area contributed by atoms with Crippen LogP contribution in [0.25, 0.3) is 20.5 Å². The van der Waals surface area contributed by atoms with Crippen LogP contribution >= 0.6 is 11.3 Å². The Balaban J connectivity index is 2.82. The summed E-state index contributed by atoms with van der Waals surface area (Å²) in [5, 5.41) is 1.42. The molecule has 0 saturated carbocycles. The molecule has 4 rings (SSSR count). The van der Waals surface area contributed by atoms with E-state index < -0.39 is 0 Å². The molecule has 0 unspecified atom stereocenters. The zero-order chi connectivity index (χ0) is 5.84. The van der Waals surface area contributed by atoms with E-state index in [1.165, 1.54) is 20.5 Å². The van der Waals surface area contributed by atoms with Crippen molar-refractivity contribution in [3.05, 3.63) is 24.3 Å². The van der Waals surface area contributed by atoms with Gasteiger partial charge in [-0.05, 0) is 11.5 Å². The third-order valence-electron chi connectivity index (χ3n) is 1.81. The lowest BCUT2D eigenvalue weighted by Gasteiger charge is -2.01. The smallest absolute Gasteiger partial charge is 0.0435 e. The molecule has 2 aromatic rings. The van der Waals surface area contributed by atoms with E-state index >= 15 is 0 Å². The molecule has 2 aliphatic rings. The van der Waals surface area contributed by atoms with Crippen molar-refractivity contribution in [2.24, 2.45) is 0 Å². The van der Waals surface area contributed by atoms with Crippen molar-refractivity contribution in [3.63, 3.8) is 0 Å². The largest absolute Gasteiger partial charge is 0.134 e. The first kappa shape index (κ1) is 4.07. The number of hydrogen-bond donors (Lipinski definition) is 0. The van der Waals surface area contributed by atoms with E-state index in [1.54, 1.807) is 0 Å². The molecule has 4 bridgehead atoms. The monoisotopic (exact) mass is 132 g/mol. The predicted octanol–water partition coefficient (Wildman–Crippen LogP) is 2.88. The van der Waals surface area contributed by atoms with Crippen LogP contribution in [0.3, 0.4) is 0 Å². The summed E-state index contributed by atoms with van der Waals surface area (Å²) in [6.45, 7) is 0. The van der Waals surface area contributed by atoms with E-state index in [-0.39, 0.29) is 0 Å². The highest BCUT2D eigenvalue weighted by atomic mass is 32.1. The first-order valence-corrected chi connectivity index (χ1v) is 3.80. The maximum Gasteiger partial charge on any atom is 0.0435 e. The van der Waals surface area contributed by atoms with Crippen molar-refractivity contribution in [1.29, 1.82) is 0 Å². The van der Waals surface area contributed by atoms with Crippen LogP contribution in [-0.4, -0.2) is 0 Å². The van der Waals surface area contributed by atoms with Crippen LogP contribution in [0.5, 0.6) is 0 Å². The maximum absolute atomic E-state index is 2.26. The molecule has 9 heavy (non-hydrogen) atoms. The van der Waals surface area contributed by atoms with Gasteiger partial charge in [-0.3, -0.25) is 0 Å². The Morgan fingerprint density at radius 3 is 3.00 bits per heavy atom. The SMILES string of the molecule is c1cc2c3sc-2cc3c1. The van der Waals surface area contributed by atoms with Crippen LogP contribution < -0.4 is 0 Å². The fourth-order valence-corrected chi connectivity index (χ4v) is 2.41. The average Bonchev–Trinajstić information content (AvgIpc) is 2.30. The van der Waals surface area contributed by atoms with E-state index in [9.17, 15) is 0 Å². The standard InChI is InChI=1S/C8H4S/c1-2-5-4-7-6(3-1)8(5)9-7/h1-4H. The first-order valence-electron chi connectivity index (χ1n) is 2.98. The molecule has 0 fully saturated rings. The molecule has 1 heteroatoms. The normalized spacial score (nSPS) is 12.4. The molecule has 0 saturated heterocycles. The van der Waals surface area contributed by atoms with Crippen molar-refractivity contribution in [3.8, 4) is 10.4 Å². The average molecular weight is 132 g/mol. The topological polar surface area (TPSA) is 0 Å². The van der Waals surface area contributed by atoms with Crippen molar-refractivity contribution in [2.45, 2.75) is 0 Å². The van der Waals surface area contributed by atoms with Gasteiger partial charge in [-0.1, -0.05) is 18.2 Å². The molecular formula is C8H4S. The van der Waals surface area contributed by atoms with E-state index in [0.717, 1.165) is 0 Å². The second-order valence-corrected chi connectivity index (χ2v) is 3.39. The number of benzene rings is 1. The lowest BCUT2D eigenvalue weighted by molar-refractivity contribution is 1.88. The zero-order valence-corrected chi connectivity index (χ0v) is 5.53. The lowest BCUT2D eigenvalue weighted by Crippen LogP contribution is -1.71. The Labute approximate surface area is 56.7 Å². The molecule has 1 aromatic heterocycles. The molecule has 0 amide bonds. The van der Waals surface area contributed by atoms with Crippen LogP contribution in [-0.2, 0) is 0 Å². The van der Waals surface area contributed by atoms with Crippen molar-refractivity contribution in [1.82, 2.24) is 0 Å². The van der Waals surface area contributed by atoms with Gasteiger partial charge < -0.3 is 0 Å². The Hall–Kier alpha value is -0.820. The van der Waals surface area contributed by atoms with E-state index in [2.05, 4.69) is 24.3 Å². The highest BCUT2D eigenvalue weighted by Gasteiger charge is 2.16. The minimum absolute atomic E-state index is 1.42. The number of hydrogen-bond acceptors (Lipinski definition) is 1. The van der Waals surface area contributed by atoms with Gasteiger partial charge in [0, 0.05) is 15.1 Å². The second-order valence-electron chi connectivity index (χ2n) is 2.33. The molecule has 0 nitrogen and oxygen atoms in total. The highest BCUT2D eigenvalue weighted by molar-refractivity contribution is 7.26. The molecule has 1 aliphatic carbocycles. The minimum atomic E-state index is 1.42. The molecular weight excluding hydrogens is 128 g/mol. The van der Waals surface area contributed by atoms with Crippen LogP contribution in [0.4, 0.5) is 0 Å². The molecule has 1 aliphatic heterocycles. The predicted molar refractivity (Wildman–Crippen MR) is 40.8 cm³/mol. The van der Waals surface area contributed by atoms with E-state index in [0.29, 0.717) is 0 Å². The van der Waals surface area contributed by atoms with Gasteiger partial charge in [0.1, 0.15) is 0 Å². The van der Waals surface area contributed by atoms with Gasteiger partial charge in [-0.2, -0.15) is 0 Å². The van der Waals surface area contributed by atoms with Gasteiger partial charge >= 0.3 is 0 Å². The van der Waals surface area contributed by atoms with Crippen LogP contribution in [0, 0.1) is 0 Å². The van der Waals surface area contributed by atoms with Crippen LogP contribution in [0.2, 0.25) is 0 Å². The number of thiophene rings is 1. The lowest BCUT2D eigenvalue weighted by atomic mass is 10.2. The Morgan fingerprint density at radius 2 is 2.22 bits per heavy atom. The quantitative estimate of drug-likeness (QED) is 0.441. The van der Waals surface area contributed by atoms with Crippen LogP contribution in [0.15, 0.2) is 24.3 Å². The summed E-state index contributed by atoms with van der Waals surface area (Å²) >= 11 is 1.91. The fourth-order valence-electron chi connectivity index (χ4n) is 1.34. The summed E-state index contributed by atoms with van der Waals surface area (Å²) in [7, 11) is 0. The first-order chi connectivity index (χ1) is 4.45. The third-order valence-corrected chi connectivity index (χ3v) is 3.03. The summed E-state index contributed by atoms with van der Waals surface area (Å²) in [5.41, 5.74) is 1.47. The second kappa shape index (κ2) is 1.05. The highest BCUT2D eigenvalue weighted by Crippen LogP contribution is 2.47. The molecule has 0 radical (unpaired) electrons. The molecule has 0 atom stereocenters. The Bertz CT molecular complexity index is 384. The summed E-state index contributed by atoms with van der Waals surface area (Å²) in [6.07, 6.45) is 0. The Kier molecular flexibility index (Phi) is 0.474. The van der Waals surface area contributed by atoms with E-state index in [1.807, 2.05) is 11.3 Å². The molecule has 0 spiro atoms. The minimum Gasteiger partial charge on any atom is -0.134 e. The molecule has 1 aromatic carbocycles. The third kappa shape index (κ3) is 0.304. The van der Waals surface area contributed by atoms with Crippen molar-refractivity contribution >= 4 is 21.4 Å². The summed E-state index contributed by atoms with van der Waals surface area (Å²) in [6, 6.07) is 8.74. The molecule has 2 heterocycles. The van der Waals surface area contributed by atoms with Gasteiger partial charge in [0.25, 0.3) is 0 Å². The van der Waals surface area contributed by atoms with Crippen LogP contribution in [0.1, 0.15) is 0 Å². The summed E-state index contributed by atoms with van der Waals surface area (Å²) in [4.78, 5) is 1.46. The molecule has 42 valence electrons. The summed E-state index contributed by atoms with van der Waals surface area (Å²) in [5.74, 6) is 0. The van der Waals surface area contributed by atoms with E-state index in [4.69, 9.17) is 0 Å². The summed E-state index contributed by atoms with van der Waals surface area (Å²) < 4.78 is 1.49. The number of rotatable bonds is 0. The van der Waals surface area contributed by atoms with Gasteiger partial charge in [0.05, 0.1) is 0 Å².